The number of hydrogen-bond acceptors (Lipinski definition) is 5. The molecule has 5 aromatic rings. The lowest BCUT2D eigenvalue weighted by molar-refractivity contribution is 0.195. The number of aromatic nitrogens is 5. The van der Waals surface area contributed by atoms with Gasteiger partial charge in [0.25, 0.3) is 5.56 Å². The Bertz CT molecular complexity index is 1670. The molecule has 0 aliphatic heterocycles. The van der Waals surface area contributed by atoms with Crippen LogP contribution in [-0.2, 0) is 18.5 Å². The Morgan fingerprint density at radius 3 is 2.35 bits per heavy atom. The van der Waals surface area contributed by atoms with E-state index >= 15 is 0 Å². The molecule has 0 radical (unpaired) electrons. The minimum atomic E-state index is -0.558. The van der Waals surface area contributed by atoms with E-state index in [-0.39, 0.29) is 11.4 Å². The first-order valence-corrected chi connectivity index (χ1v) is 13.6. The topological polar surface area (TPSA) is 79.7 Å². The lowest BCUT2D eigenvalue weighted by atomic mass is 9.99. The summed E-state index contributed by atoms with van der Waals surface area (Å²) in [5.41, 5.74) is 5.12. The molecule has 5 rings (SSSR count). The summed E-state index contributed by atoms with van der Waals surface area (Å²) in [6, 6.07) is 22.2. The molecule has 0 aliphatic rings. The van der Waals surface area contributed by atoms with Crippen molar-refractivity contribution in [3.05, 3.63) is 123 Å². The molecule has 2 heterocycles. The first-order chi connectivity index (χ1) is 19.1. The number of aryl methyl sites for hydroxylation is 2. The van der Waals surface area contributed by atoms with Crippen LogP contribution in [0.25, 0.3) is 10.9 Å². The van der Waals surface area contributed by atoms with E-state index in [0.29, 0.717) is 24.5 Å². The lowest BCUT2D eigenvalue weighted by Gasteiger charge is -2.33. The molecule has 0 aliphatic carbocycles. The summed E-state index contributed by atoms with van der Waals surface area (Å²) in [4.78, 5) is 19.1. The molecule has 0 unspecified atom stereocenters. The van der Waals surface area contributed by atoms with Crippen LogP contribution in [0.4, 0.5) is 4.39 Å². The van der Waals surface area contributed by atoms with Gasteiger partial charge in [-0.15, -0.1) is 5.10 Å². The van der Waals surface area contributed by atoms with Gasteiger partial charge in [0.2, 0.25) is 0 Å². The quantitative estimate of drug-likeness (QED) is 0.268. The van der Waals surface area contributed by atoms with Gasteiger partial charge in [0.1, 0.15) is 11.9 Å². The standard InChI is InChI=1S/C32H35FN6O/c1-21-17-25-19-27(31(40)34-28(25)18-22(21)2)29(30-35-36-37-39(30)32(3,4)5)38(16-15-23-9-7-6-8-10-23)20-24-11-13-26(33)14-12-24/h6-14,17-19,29H,15-16,20H2,1-5H3,(H,34,40)/t29-/m1/s1. The fourth-order valence-corrected chi connectivity index (χ4v) is 5.08. The fourth-order valence-electron chi connectivity index (χ4n) is 5.08. The van der Waals surface area contributed by atoms with E-state index in [1.807, 2.05) is 58.0 Å². The zero-order chi connectivity index (χ0) is 28.4. The number of rotatable bonds is 8. The maximum Gasteiger partial charge on any atom is 0.253 e. The minimum Gasteiger partial charge on any atom is -0.322 e. The molecule has 0 saturated carbocycles. The number of hydrogen-bond donors (Lipinski definition) is 1. The van der Waals surface area contributed by atoms with E-state index in [1.165, 1.54) is 17.7 Å². The minimum absolute atomic E-state index is 0.187. The van der Waals surface area contributed by atoms with Gasteiger partial charge >= 0.3 is 0 Å². The van der Waals surface area contributed by atoms with Gasteiger partial charge in [-0.25, -0.2) is 9.07 Å². The van der Waals surface area contributed by atoms with Crippen LogP contribution in [-0.4, -0.2) is 36.6 Å². The van der Waals surface area contributed by atoms with Crippen molar-refractivity contribution in [2.45, 2.75) is 59.2 Å². The van der Waals surface area contributed by atoms with Crippen LogP contribution in [0.1, 0.15) is 60.5 Å². The first-order valence-electron chi connectivity index (χ1n) is 13.6. The maximum absolute atomic E-state index is 13.8. The van der Waals surface area contributed by atoms with Crippen molar-refractivity contribution >= 4 is 10.9 Å². The fraction of sp³-hybridized carbons (Fsp3) is 0.312. The molecule has 0 fully saturated rings. The number of nitrogens with zero attached hydrogens (tertiary/aromatic N) is 5. The third-order valence-electron chi connectivity index (χ3n) is 7.35. The second-order valence-corrected chi connectivity index (χ2v) is 11.4. The van der Waals surface area contributed by atoms with Gasteiger partial charge in [0.15, 0.2) is 5.82 Å². The molecule has 0 bridgehead atoms. The van der Waals surface area contributed by atoms with Crippen molar-refractivity contribution < 1.29 is 4.39 Å². The van der Waals surface area contributed by atoms with Crippen molar-refractivity contribution in [2.75, 3.05) is 6.54 Å². The van der Waals surface area contributed by atoms with Crippen LogP contribution in [0.2, 0.25) is 0 Å². The van der Waals surface area contributed by atoms with Gasteiger partial charge in [-0.3, -0.25) is 9.69 Å². The van der Waals surface area contributed by atoms with Gasteiger partial charge in [-0.1, -0.05) is 42.5 Å². The zero-order valence-electron chi connectivity index (χ0n) is 23.6. The summed E-state index contributed by atoms with van der Waals surface area (Å²) >= 11 is 0. The molecule has 3 aromatic carbocycles. The van der Waals surface area contributed by atoms with Crippen LogP contribution in [0, 0.1) is 19.7 Å². The molecule has 1 atom stereocenters. The number of fused-ring (bicyclic) bond motifs is 1. The van der Waals surface area contributed by atoms with Gasteiger partial charge in [0.05, 0.1) is 5.54 Å². The summed E-state index contributed by atoms with van der Waals surface area (Å²) in [6.45, 7) is 11.3. The Labute approximate surface area is 233 Å². The van der Waals surface area contributed by atoms with Crippen LogP contribution in [0.15, 0.2) is 77.6 Å². The molecule has 7 nitrogen and oxygen atoms in total. The first kappa shape index (κ1) is 27.4. The molecule has 2 aromatic heterocycles. The van der Waals surface area contributed by atoms with Crippen LogP contribution < -0.4 is 5.56 Å². The van der Waals surface area contributed by atoms with E-state index in [0.717, 1.165) is 34.0 Å². The average molecular weight is 539 g/mol. The predicted molar refractivity (Wildman–Crippen MR) is 156 cm³/mol. The largest absolute Gasteiger partial charge is 0.322 e. The van der Waals surface area contributed by atoms with Gasteiger partial charge in [0, 0.05) is 24.2 Å². The van der Waals surface area contributed by atoms with Crippen molar-refractivity contribution in [2.24, 2.45) is 0 Å². The van der Waals surface area contributed by atoms with E-state index in [1.54, 1.807) is 16.8 Å². The summed E-state index contributed by atoms with van der Waals surface area (Å²) < 4.78 is 15.6. The molecule has 206 valence electrons. The molecule has 0 saturated heterocycles. The van der Waals surface area contributed by atoms with Gasteiger partial charge < -0.3 is 4.98 Å². The Morgan fingerprint density at radius 2 is 1.65 bits per heavy atom. The Kier molecular flexibility index (Phi) is 7.63. The van der Waals surface area contributed by atoms with E-state index in [4.69, 9.17) is 0 Å². The highest BCUT2D eigenvalue weighted by molar-refractivity contribution is 5.81. The SMILES string of the molecule is Cc1cc2cc([C@H](c3nnnn3C(C)(C)C)N(CCc3ccccc3)Cc3ccc(F)cc3)c(=O)[nH]c2cc1C. The summed E-state index contributed by atoms with van der Waals surface area (Å²) in [6.07, 6.45) is 0.749. The summed E-state index contributed by atoms with van der Waals surface area (Å²) in [7, 11) is 0. The monoisotopic (exact) mass is 538 g/mol. The summed E-state index contributed by atoms with van der Waals surface area (Å²) in [5, 5.41) is 13.8. The molecule has 1 N–H and O–H groups in total. The van der Waals surface area contributed by atoms with Crippen LogP contribution >= 0.6 is 0 Å². The van der Waals surface area contributed by atoms with Crippen LogP contribution in [0.5, 0.6) is 0 Å². The molecular weight excluding hydrogens is 503 g/mol. The van der Waals surface area contributed by atoms with Crippen molar-refractivity contribution in [1.82, 2.24) is 30.1 Å². The maximum atomic E-state index is 13.8. The lowest BCUT2D eigenvalue weighted by Crippen LogP contribution is -2.38. The van der Waals surface area contributed by atoms with E-state index < -0.39 is 11.6 Å². The number of halogens is 1. The molecule has 0 amide bonds. The highest BCUT2D eigenvalue weighted by Crippen LogP contribution is 2.31. The number of aromatic amines is 1. The number of pyridine rings is 1. The molecule has 0 spiro atoms. The van der Waals surface area contributed by atoms with Crippen molar-refractivity contribution in [3.63, 3.8) is 0 Å². The Balaban J connectivity index is 1.69. The van der Waals surface area contributed by atoms with Gasteiger partial charge in [-0.2, -0.15) is 0 Å². The molecular formula is C32H35FN6O. The zero-order valence-corrected chi connectivity index (χ0v) is 23.6. The molecule has 40 heavy (non-hydrogen) atoms. The number of nitrogens with one attached hydrogen (secondary N) is 1. The highest BCUT2D eigenvalue weighted by Gasteiger charge is 2.33. The highest BCUT2D eigenvalue weighted by atomic mass is 19.1. The van der Waals surface area contributed by atoms with E-state index in [9.17, 15) is 9.18 Å². The number of H-pyrrole nitrogens is 1. The Morgan fingerprint density at radius 1 is 0.950 bits per heavy atom. The second-order valence-electron chi connectivity index (χ2n) is 11.4. The van der Waals surface area contributed by atoms with Crippen LogP contribution in [0.3, 0.4) is 0 Å². The van der Waals surface area contributed by atoms with Gasteiger partial charge in [-0.05, 0) is 109 Å². The number of benzene rings is 3. The van der Waals surface area contributed by atoms with E-state index in [2.05, 4.69) is 50.5 Å². The predicted octanol–water partition coefficient (Wildman–Crippen LogP) is 5.86. The number of tetrazole rings is 1. The Hall–Kier alpha value is -4.17. The second kappa shape index (κ2) is 11.1. The van der Waals surface area contributed by atoms with Crippen molar-refractivity contribution in [1.29, 1.82) is 0 Å². The normalized spacial score (nSPS) is 12.8. The molecule has 8 heteroatoms. The third kappa shape index (κ3) is 5.87. The summed E-state index contributed by atoms with van der Waals surface area (Å²) in [5.74, 6) is 0.292. The van der Waals surface area contributed by atoms with Crippen molar-refractivity contribution in [3.8, 4) is 0 Å². The third-order valence-corrected chi connectivity index (χ3v) is 7.35. The smallest absolute Gasteiger partial charge is 0.253 e. The average Bonchev–Trinajstić information content (AvgIpc) is 3.41.